The van der Waals surface area contributed by atoms with Gasteiger partial charge in [-0.2, -0.15) is 5.10 Å². The van der Waals surface area contributed by atoms with E-state index in [1.165, 1.54) is 12.8 Å². The molecule has 1 N–H and O–H groups in total. The maximum atomic E-state index is 12.7. The fraction of sp³-hybridized carbons (Fsp3) is 0.474. The third-order valence-corrected chi connectivity index (χ3v) is 5.34. The molecule has 4 rings (SSSR count). The number of aromatic nitrogens is 2. The van der Waals surface area contributed by atoms with Crippen molar-refractivity contribution in [1.82, 2.24) is 20.0 Å². The van der Waals surface area contributed by atoms with Gasteiger partial charge in [0.2, 0.25) is 0 Å². The minimum atomic E-state index is 0. The first-order valence-corrected chi connectivity index (χ1v) is 8.94. The largest absolute Gasteiger partial charge is 0.339 e. The van der Waals surface area contributed by atoms with E-state index in [2.05, 4.69) is 10.4 Å². The molecule has 1 unspecified atom stereocenters. The van der Waals surface area contributed by atoms with Gasteiger partial charge in [0, 0.05) is 25.3 Å². The van der Waals surface area contributed by atoms with Crippen LogP contribution in [0.5, 0.6) is 0 Å². The van der Waals surface area contributed by atoms with Crippen LogP contribution in [0.3, 0.4) is 0 Å². The van der Waals surface area contributed by atoms with Crippen LogP contribution in [0.2, 0.25) is 0 Å². The molecule has 1 amide bonds. The van der Waals surface area contributed by atoms with Crippen molar-refractivity contribution < 1.29 is 4.79 Å². The molecule has 0 saturated carbocycles. The summed E-state index contributed by atoms with van der Waals surface area (Å²) in [4.78, 5) is 14.7. The summed E-state index contributed by atoms with van der Waals surface area (Å²) in [6.45, 7) is 2.87. The van der Waals surface area contributed by atoms with Gasteiger partial charge in [0.1, 0.15) is 0 Å². The molecule has 0 spiro atoms. The number of hydrogen-bond donors (Lipinski definition) is 1. The van der Waals surface area contributed by atoms with E-state index < -0.39 is 0 Å². The van der Waals surface area contributed by atoms with E-state index in [1.807, 2.05) is 41.4 Å². The molecule has 25 heavy (non-hydrogen) atoms. The maximum Gasteiger partial charge on any atom is 0.257 e. The van der Waals surface area contributed by atoms with Gasteiger partial charge >= 0.3 is 0 Å². The summed E-state index contributed by atoms with van der Waals surface area (Å²) in [6, 6.07) is 10.6. The van der Waals surface area contributed by atoms with Gasteiger partial charge in [-0.3, -0.25) is 4.79 Å². The van der Waals surface area contributed by atoms with E-state index in [9.17, 15) is 4.79 Å². The zero-order valence-electron chi connectivity index (χ0n) is 14.3. The number of amides is 1. The summed E-state index contributed by atoms with van der Waals surface area (Å²) in [6.07, 6.45) is 8.32. The number of halogens is 1. The Morgan fingerprint density at radius 3 is 2.56 bits per heavy atom. The van der Waals surface area contributed by atoms with Crippen molar-refractivity contribution in [3.05, 3.63) is 48.3 Å². The zero-order valence-corrected chi connectivity index (χ0v) is 15.1. The molecule has 1 aromatic carbocycles. The van der Waals surface area contributed by atoms with Crippen LogP contribution in [0.25, 0.3) is 5.69 Å². The Morgan fingerprint density at radius 1 is 1.12 bits per heavy atom. The molecule has 2 aliphatic rings. The lowest BCUT2D eigenvalue weighted by Gasteiger charge is -2.34. The van der Waals surface area contributed by atoms with E-state index in [-0.39, 0.29) is 18.3 Å². The number of nitrogens with one attached hydrogen (secondary N) is 1. The van der Waals surface area contributed by atoms with Gasteiger partial charge in [-0.05, 0) is 50.3 Å². The second-order valence-electron chi connectivity index (χ2n) is 6.84. The monoisotopic (exact) mass is 360 g/mol. The Morgan fingerprint density at radius 2 is 1.88 bits per heavy atom. The smallest absolute Gasteiger partial charge is 0.257 e. The number of benzene rings is 1. The molecular weight excluding hydrogens is 336 g/mol. The van der Waals surface area contributed by atoms with Gasteiger partial charge in [-0.1, -0.05) is 18.2 Å². The standard InChI is InChI=1S/C19H24N4O.ClH/c24-19(16-13-21-23(14-16)17-5-2-1-3-6-17)22-11-8-15(9-12-22)18-7-4-10-20-18;/h1-3,5-6,13-15,18,20H,4,7-12H2;1H. The van der Waals surface area contributed by atoms with Gasteiger partial charge in [0.05, 0.1) is 17.4 Å². The number of para-hydroxylation sites is 1. The molecule has 5 nitrogen and oxygen atoms in total. The molecule has 2 saturated heterocycles. The predicted molar refractivity (Wildman–Crippen MR) is 100 cm³/mol. The highest BCUT2D eigenvalue weighted by molar-refractivity contribution is 5.93. The van der Waals surface area contributed by atoms with Crippen LogP contribution in [0.4, 0.5) is 0 Å². The summed E-state index contributed by atoms with van der Waals surface area (Å²) in [5, 5.41) is 7.95. The first-order valence-electron chi connectivity index (χ1n) is 8.94. The van der Waals surface area contributed by atoms with Crippen LogP contribution >= 0.6 is 12.4 Å². The van der Waals surface area contributed by atoms with Gasteiger partial charge in [-0.15, -0.1) is 12.4 Å². The van der Waals surface area contributed by atoms with Crippen molar-refractivity contribution in [3.63, 3.8) is 0 Å². The number of carbonyl (C=O) groups excluding carboxylic acids is 1. The van der Waals surface area contributed by atoms with Crippen molar-refractivity contribution >= 4 is 18.3 Å². The van der Waals surface area contributed by atoms with E-state index >= 15 is 0 Å². The molecule has 1 atom stereocenters. The van der Waals surface area contributed by atoms with Crippen molar-refractivity contribution in [3.8, 4) is 5.69 Å². The lowest BCUT2D eigenvalue weighted by atomic mass is 9.88. The van der Waals surface area contributed by atoms with Crippen LogP contribution in [0.1, 0.15) is 36.0 Å². The number of nitrogens with zero attached hydrogens (tertiary/aromatic N) is 3. The average Bonchev–Trinajstić information content (AvgIpc) is 3.34. The average molecular weight is 361 g/mol. The number of rotatable bonds is 3. The van der Waals surface area contributed by atoms with Gasteiger partial charge in [0.15, 0.2) is 0 Å². The SMILES string of the molecule is Cl.O=C(c1cnn(-c2ccccc2)c1)N1CCC(C2CCCN2)CC1. The molecule has 2 aromatic rings. The van der Waals surface area contributed by atoms with Crippen molar-refractivity contribution in [2.45, 2.75) is 31.7 Å². The lowest BCUT2D eigenvalue weighted by Crippen LogP contribution is -2.43. The maximum absolute atomic E-state index is 12.7. The number of hydrogen-bond acceptors (Lipinski definition) is 3. The predicted octanol–water partition coefficient (Wildman–Crippen LogP) is 2.90. The van der Waals surface area contributed by atoms with Crippen LogP contribution in [-0.2, 0) is 0 Å². The topological polar surface area (TPSA) is 50.2 Å². The Labute approximate surface area is 154 Å². The van der Waals surface area contributed by atoms with Crippen molar-refractivity contribution in [2.75, 3.05) is 19.6 Å². The number of likely N-dealkylation sites (tertiary alicyclic amines) is 1. The quantitative estimate of drug-likeness (QED) is 0.915. The van der Waals surface area contributed by atoms with E-state index in [1.54, 1.807) is 10.9 Å². The van der Waals surface area contributed by atoms with Gasteiger partial charge < -0.3 is 10.2 Å². The second kappa shape index (κ2) is 8.02. The molecule has 134 valence electrons. The van der Waals surface area contributed by atoms with E-state index in [4.69, 9.17) is 0 Å². The highest BCUT2D eigenvalue weighted by Crippen LogP contribution is 2.26. The van der Waals surface area contributed by atoms with Crippen LogP contribution in [0.15, 0.2) is 42.7 Å². The summed E-state index contributed by atoms with van der Waals surface area (Å²) in [5.74, 6) is 0.832. The molecule has 2 aliphatic heterocycles. The summed E-state index contributed by atoms with van der Waals surface area (Å²) >= 11 is 0. The summed E-state index contributed by atoms with van der Waals surface area (Å²) < 4.78 is 1.77. The van der Waals surface area contributed by atoms with Crippen molar-refractivity contribution in [1.29, 1.82) is 0 Å². The molecule has 6 heteroatoms. The third kappa shape index (κ3) is 3.88. The minimum Gasteiger partial charge on any atom is -0.339 e. The highest BCUT2D eigenvalue weighted by atomic mass is 35.5. The summed E-state index contributed by atoms with van der Waals surface area (Å²) in [7, 11) is 0. The first-order chi connectivity index (χ1) is 11.8. The third-order valence-electron chi connectivity index (χ3n) is 5.34. The Kier molecular flexibility index (Phi) is 5.76. The molecule has 1 aromatic heterocycles. The summed E-state index contributed by atoms with van der Waals surface area (Å²) in [5.41, 5.74) is 1.65. The number of piperidine rings is 1. The Balaban J connectivity index is 0.00000182. The fourth-order valence-corrected chi connectivity index (χ4v) is 3.96. The zero-order chi connectivity index (χ0) is 16.4. The fourth-order valence-electron chi connectivity index (χ4n) is 3.96. The Bertz CT molecular complexity index is 688. The van der Waals surface area contributed by atoms with Crippen molar-refractivity contribution in [2.24, 2.45) is 5.92 Å². The van der Waals surface area contributed by atoms with Crippen LogP contribution in [-0.4, -0.2) is 46.3 Å². The first kappa shape index (κ1) is 18.0. The van der Waals surface area contributed by atoms with E-state index in [0.29, 0.717) is 11.6 Å². The Hall–Kier alpha value is -1.85. The normalized spacial score (nSPS) is 21.1. The van der Waals surface area contributed by atoms with Crippen LogP contribution < -0.4 is 5.32 Å². The van der Waals surface area contributed by atoms with Gasteiger partial charge in [0.25, 0.3) is 5.91 Å². The molecular formula is C19H25ClN4O. The molecule has 0 bridgehead atoms. The highest BCUT2D eigenvalue weighted by Gasteiger charge is 2.30. The molecule has 2 fully saturated rings. The second-order valence-corrected chi connectivity index (χ2v) is 6.84. The van der Waals surface area contributed by atoms with Crippen LogP contribution in [0, 0.1) is 5.92 Å². The molecule has 3 heterocycles. The minimum absolute atomic E-state index is 0. The lowest BCUT2D eigenvalue weighted by molar-refractivity contribution is 0.0674. The molecule has 0 radical (unpaired) electrons. The number of carbonyl (C=O) groups is 1. The van der Waals surface area contributed by atoms with E-state index in [0.717, 1.165) is 44.1 Å². The molecule has 0 aliphatic carbocycles. The van der Waals surface area contributed by atoms with Gasteiger partial charge in [-0.25, -0.2) is 4.68 Å².